The number of ether oxygens (including phenoxy) is 1. The lowest BCUT2D eigenvalue weighted by molar-refractivity contribution is 0.184. The number of anilines is 1. The van der Waals surface area contributed by atoms with Crippen molar-refractivity contribution in [2.45, 2.75) is 19.4 Å². The van der Waals surface area contributed by atoms with Gasteiger partial charge in [0.1, 0.15) is 19.0 Å². The van der Waals surface area contributed by atoms with Gasteiger partial charge in [-0.05, 0) is 30.2 Å². The Morgan fingerprint density at radius 2 is 1.77 bits per heavy atom. The second-order valence-electron chi connectivity index (χ2n) is 8.10. The highest BCUT2D eigenvalue weighted by molar-refractivity contribution is 6.40. The van der Waals surface area contributed by atoms with Gasteiger partial charge in [-0.2, -0.15) is 0 Å². The van der Waals surface area contributed by atoms with E-state index in [1.54, 1.807) is 47.9 Å². The number of carbonyl (C=O) groups is 1. The first-order valence-electron chi connectivity index (χ1n) is 11.8. The van der Waals surface area contributed by atoms with Gasteiger partial charge >= 0.3 is 6.03 Å². The number of benzene rings is 2. The lowest BCUT2D eigenvalue weighted by Gasteiger charge is -2.22. The number of carbonyl (C=O) groups excluding carboxylic acids is 1. The lowest BCUT2D eigenvalue weighted by Crippen LogP contribution is -2.37. The van der Waals surface area contributed by atoms with Gasteiger partial charge in [0.05, 0.1) is 16.6 Å². The highest BCUT2D eigenvalue weighted by Gasteiger charge is 2.16. The first-order chi connectivity index (χ1) is 18.3. The Morgan fingerprint density at radius 1 is 1.08 bits per heavy atom. The summed E-state index contributed by atoms with van der Waals surface area (Å²) < 4.78 is 7.05. The second kappa shape index (κ2) is 16.2. The molecule has 2 aromatic heterocycles. The van der Waals surface area contributed by atoms with Crippen molar-refractivity contribution >= 4 is 58.9 Å². The third kappa shape index (κ3) is 9.30. The summed E-state index contributed by atoms with van der Waals surface area (Å²) in [6.07, 6.45) is 7.97. The molecule has 4 rings (SSSR count). The quantitative estimate of drug-likeness (QED) is 0.227. The van der Waals surface area contributed by atoms with E-state index in [1.807, 2.05) is 37.3 Å². The zero-order valence-corrected chi connectivity index (χ0v) is 24.2. The Labute approximate surface area is 248 Å². The van der Waals surface area contributed by atoms with Crippen LogP contribution in [-0.4, -0.2) is 50.3 Å². The van der Waals surface area contributed by atoms with Crippen molar-refractivity contribution < 1.29 is 14.6 Å². The summed E-state index contributed by atoms with van der Waals surface area (Å²) in [5, 5.41) is 11.2. The van der Waals surface area contributed by atoms with Crippen LogP contribution in [0.15, 0.2) is 79.6 Å². The van der Waals surface area contributed by atoms with Crippen molar-refractivity contribution in [3.8, 4) is 5.75 Å². The maximum atomic E-state index is 12.3. The van der Waals surface area contributed by atoms with Gasteiger partial charge in [-0.1, -0.05) is 72.1 Å². The summed E-state index contributed by atoms with van der Waals surface area (Å²) in [6, 6.07) is 14.0. The van der Waals surface area contributed by atoms with E-state index in [1.165, 1.54) is 10.9 Å². The summed E-state index contributed by atoms with van der Waals surface area (Å²) in [6.45, 7) is 3.28. The van der Waals surface area contributed by atoms with E-state index in [0.29, 0.717) is 45.2 Å². The molecule has 1 amide bonds. The molecule has 3 N–H and O–H groups in total. The highest BCUT2D eigenvalue weighted by atomic mass is 35.5. The molecule has 0 aliphatic heterocycles. The summed E-state index contributed by atoms with van der Waals surface area (Å²) >= 11 is 18.0. The number of aliphatic hydroxyl groups is 1. The van der Waals surface area contributed by atoms with E-state index < -0.39 is 6.10 Å². The molecule has 0 radical (unpaired) electrons. The number of aliphatic hydroxyl groups excluding tert-OH is 1. The number of hydrogen-bond donors (Lipinski definition) is 2. The van der Waals surface area contributed by atoms with Crippen molar-refractivity contribution in [1.82, 2.24) is 19.4 Å². The molecule has 4 aromatic rings. The van der Waals surface area contributed by atoms with Crippen molar-refractivity contribution in [1.29, 1.82) is 0 Å². The molecule has 0 saturated carbocycles. The van der Waals surface area contributed by atoms with Gasteiger partial charge in [-0.15, -0.1) is 12.4 Å². The topological polar surface area (TPSA) is 106 Å². The van der Waals surface area contributed by atoms with Crippen LogP contribution in [0.25, 0.3) is 0 Å². The average molecular weight is 613 g/mol. The van der Waals surface area contributed by atoms with Crippen molar-refractivity contribution in [2.24, 2.45) is 0 Å². The standard InChI is InChI=1S/C15H16Cl3N3O2.C12H12N2O.ClH/c1-2-4-20(15(22)21-5-3-19-10-21)6-7-23-14-12(17)8-11(16)9-13(14)18;13-11-6-7-14-8-10(11)12(15)9-4-2-1-3-5-9;/h3,5,8-10H,2,4,6-7H2,1H3;1-8,12,15H,(H2,13,14);1H. The van der Waals surface area contributed by atoms with E-state index in [9.17, 15) is 9.90 Å². The maximum Gasteiger partial charge on any atom is 0.329 e. The van der Waals surface area contributed by atoms with E-state index in [4.69, 9.17) is 45.3 Å². The van der Waals surface area contributed by atoms with Crippen LogP contribution in [0.2, 0.25) is 15.1 Å². The van der Waals surface area contributed by atoms with E-state index in [0.717, 1.165) is 12.0 Å². The van der Waals surface area contributed by atoms with Crippen LogP contribution in [0.3, 0.4) is 0 Å². The third-order valence-electron chi connectivity index (χ3n) is 5.36. The van der Waals surface area contributed by atoms with E-state index >= 15 is 0 Å². The van der Waals surface area contributed by atoms with Crippen LogP contribution in [0, 0.1) is 0 Å². The van der Waals surface area contributed by atoms with Gasteiger partial charge in [0.15, 0.2) is 5.75 Å². The fraction of sp³-hybridized carbons (Fsp3) is 0.222. The molecule has 2 heterocycles. The minimum atomic E-state index is -0.708. The largest absolute Gasteiger partial charge is 0.489 e. The van der Waals surface area contributed by atoms with Crippen LogP contribution < -0.4 is 10.5 Å². The number of hydrogen-bond acceptors (Lipinski definition) is 6. The number of pyridine rings is 1. The van der Waals surface area contributed by atoms with Crippen LogP contribution >= 0.6 is 47.2 Å². The summed E-state index contributed by atoms with van der Waals surface area (Å²) in [7, 11) is 0. The van der Waals surface area contributed by atoms with Crippen LogP contribution in [0.4, 0.5) is 10.5 Å². The number of amides is 1. The summed E-state index contributed by atoms with van der Waals surface area (Å²) in [5.74, 6) is 0.365. The Hall–Kier alpha value is -3.01. The lowest BCUT2D eigenvalue weighted by atomic mass is 10.0. The predicted octanol–water partition coefficient (Wildman–Crippen LogP) is 6.77. The molecule has 0 aliphatic rings. The van der Waals surface area contributed by atoms with Crippen molar-refractivity contribution in [3.63, 3.8) is 0 Å². The smallest absolute Gasteiger partial charge is 0.329 e. The molecular formula is C27H29Cl4N5O3. The Bertz CT molecular complexity index is 1290. The molecule has 0 spiro atoms. The number of nitrogens with zero attached hydrogens (tertiary/aromatic N) is 4. The Balaban J connectivity index is 0.000000289. The SMILES string of the molecule is CCCN(CCOc1c(Cl)cc(Cl)cc1Cl)C(=O)n1ccnc1.Cl.Nc1ccncc1C(O)c1ccccc1. The number of halogens is 4. The number of imidazole rings is 1. The van der Waals surface area contributed by atoms with E-state index in [-0.39, 0.29) is 25.0 Å². The molecule has 0 saturated heterocycles. The van der Waals surface area contributed by atoms with Gasteiger partial charge in [0.2, 0.25) is 0 Å². The highest BCUT2D eigenvalue weighted by Crippen LogP contribution is 2.35. The Kier molecular flexibility index (Phi) is 13.4. The molecular weight excluding hydrogens is 584 g/mol. The Morgan fingerprint density at radius 3 is 2.36 bits per heavy atom. The number of aromatic nitrogens is 3. The molecule has 1 unspecified atom stereocenters. The zero-order valence-electron chi connectivity index (χ0n) is 21.1. The predicted molar refractivity (Wildman–Crippen MR) is 158 cm³/mol. The van der Waals surface area contributed by atoms with Crippen LogP contribution in [0.5, 0.6) is 5.75 Å². The number of rotatable bonds is 8. The first-order valence-corrected chi connectivity index (χ1v) is 12.9. The van der Waals surface area contributed by atoms with Gasteiger partial charge in [-0.25, -0.2) is 9.78 Å². The van der Waals surface area contributed by atoms with Crippen LogP contribution in [0.1, 0.15) is 30.6 Å². The zero-order chi connectivity index (χ0) is 27.5. The van der Waals surface area contributed by atoms with E-state index in [2.05, 4.69) is 9.97 Å². The maximum absolute atomic E-state index is 12.3. The van der Waals surface area contributed by atoms with Gasteiger partial charge in [-0.3, -0.25) is 9.55 Å². The third-order valence-corrected chi connectivity index (χ3v) is 6.14. The number of nitrogens with two attached hydrogens (primary N) is 1. The minimum absolute atomic E-state index is 0. The van der Waals surface area contributed by atoms with Crippen LogP contribution in [-0.2, 0) is 0 Å². The second-order valence-corrected chi connectivity index (χ2v) is 9.36. The van der Waals surface area contributed by atoms with Gasteiger partial charge in [0.25, 0.3) is 0 Å². The fourth-order valence-electron chi connectivity index (χ4n) is 3.49. The molecule has 12 heteroatoms. The molecule has 0 bridgehead atoms. The fourth-order valence-corrected chi connectivity index (χ4v) is 4.42. The first kappa shape index (κ1) is 32.2. The molecule has 0 fully saturated rings. The molecule has 208 valence electrons. The van der Waals surface area contributed by atoms with Gasteiger partial charge in [0, 0.05) is 47.6 Å². The summed E-state index contributed by atoms with van der Waals surface area (Å²) in [4.78, 5) is 21.9. The molecule has 0 aliphatic carbocycles. The van der Waals surface area contributed by atoms with Crippen molar-refractivity contribution in [3.05, 3.63) is 106 Å². The summed E-state index contributed by atoms with van der Waals surface area (Å²) in [5.41, 5.74) is 7.77. The molecule has 2 aromatic carbocycles. The van der Waals surface area contributed by atoms with Gasteiger partial charge < -0.3 is 20.5 Å². The van der Waals surface area contributed by atoms with Crippen molar-refractivity contribution in [2.75, 3.05) is 25.4 Å². The molecule has 39 heavy (non-hydrogen) atoms. The average Bonchev–Trinajstić information content (AvgIpc) is 3.45. The monoisotopic (exact) mass is 611 g/mol. The normalized spacial score (nSPS) is 11.0. The minimum Gasteiger partial charge on any atom is -0.489 e. The number of nitrogen functional groups attached to an aromatic ring is 1. The molecule has 8 nitrogen and oxygen atoms in total. The molecule has 1 atom stereocenters.